The molecule has 0 unspecified atom stereocenters. The van der Waals surface area contributed by atoms with Crippen molar-refractivity contribution in [3.8, 4) is 0 Å². The van der Waals surface area contributed by atoms with Crippen molar-refractivity contribution < 1.29 is 19.1 Å². The SMILES string of the molecule is CCOC(=O)c1ccc(N=C=O)cc1.Cc1ccc(C)c(N=C=O)c1. The molecule has 0 fully saturated rings. The molecule has 0 amide bonds. The average molecular weight is 338 g/mol. The largest absolute Gasteiger partial charge is 0.462 e. The normalized spacial score (nSPS) is 8.92. The van der Waals surface area contributed by atoms with Crippen molar-refractivity contribution in [1.82, 2.24) is 0 Å². The maximum Gasteiger partial charge on any atom is 0.338 e. The lowest BCUT2D eigenvalue weighted by Gasteiger charge is -2.00. The van der Waals surface area contributed by atoms with Gasteiger partial charge in [-0.05, 0) is 62.2 Å². The third-order valence-electron chi connectivity index (χ3n) is 3.08. The van der Waals surface area contributed by atoms with Crippen LogP contribution in [0.5, 0.6) is 0 Å². The fourth-order valence-electron chi connectivity index (χ4n) is 1.83. The predicted molar refractivity (Wildman–Crippen MR) is 93.9 cm³/mol. The number of aryl methyl sites for hydroxylation is 2. The fraction of sp³-hybridized carbons (Fsp3) is 0.211. The van der Waals surface area contributed by atoms with E-state index in [2.05, 4.69) is 9.98 Å². The van der Waals surface area contributed by atoms with Crippen molar-refractivity contribution >= 4 is 29.5 Å². The molecule has 0 N–H and O–H groups in total. The quantitative estimate of drug-likeness (QED) is 0.477. The Bertz CT molecular complexity index is 816. The van der Waals surface area contributed by atoms with E-state index in [1.165, 1.54) is 12.2 Å². The Morgan fingerprint density at radius 2 is 1.64 bits per heavy atom. The molecule has 0 bridgehead atoms. The minimum absolute atomic E-state index is 0.340. The Hall–Kier alpha value is -3.33. The summed E-state index contributed by atoms with van der Waals surface area (Å²) in [5.41, 5.74) is 3.72. The lowest BCUT2D eigenvalue weighted by Crippen LogP contribution is -2.03. The van der Waals surface area contributed by atoms with Gasteiger partial charge in [0.25, 0.3) is 0 Å². The van der Waals surface area contributed by atoms with Crippen LogP contribution in [0.4, 0.5) is 11.4 Å². The lowest BCUT2D eigenvalue weighted by molar-refractivity contribution is 0.0526. The first-order valence-corrected chi connectivity index (χ1v) is 7.52. The average Bonchev–Trinajstić information content (AvgIpc) is 2.60. The molecule has 0 aromatic heterocycles. The summed E-state index contributed by atoms with van der Waals surface area (Å²) < 4.78 is 4.78. The summed E-state index contributed by atoms with van der Waals surface area (Å²) in [5.74, 6) is -0.380. The van der Waals surface area contributed by atoms with Crippen LogP contribution in [0, 0.1) is 13.8 Å². The highest BCUT2D eigenvalue weighted by Crippen LogP contribution is 2.18. The number of carbonyl (C=O) groups excluding carboxylic acids is 3. The minimum atomic E-state index is -0.380. The van der Waals surface area contributed by atoms with Crippen LogP contribution in [0.25, 0.3) is 0 Å². The first-order chi connectivity index (χ1) is 12.0. The molecule has 2 aromatic rings. The number of rotatable bonds is 4. The summed E-state index contributed by atoms with van der Waals surface area (Å²) in [4.78, 5) is 38.0. The standard InChI is InChI=1S/C10H9NO3.C9H9NO/c1-2-14-10(13)8-3-5-9(6-4-8)11-7-12;1-7-3-4-8(2)9(5-7)10-6-11/h3-6H,2H2,1H3;3-5H,1-2H3. The molecule has 0 saturated carbocycles. The van der Waals surface area contributed by atoms with Crippen molar-refractivity contribution in [2.75, 3.05) is 6.61 Å². The van der Waals surface area contributed by atoms with Gasteiger partial charge in [0.15, 0.2) is 0 Å². The lowest BCUT2D eigenvalue weighted by atomic mass is 10.1. The van der Waals surface area contributed by atoms with E-state index in [4.69, 9.17) is 4.74 Å². The number of carbonyl (C=O) groups is 1. The van der Waals surface area contributed by atoms with Crippen LogP contribution in [0.1, 0.15) is 28.4 Å². The summed E-state index contributed by atoms with van der Waals surface area (Å²) in [6.07, 6.45) is 2.94. The van der Waals surface area contributed by atoms with E-state index in [-0.39, 0.29) is 5.97 Å². The van der Waals surface area contributed by atoms with Crippen LogP contribution < -0.4 is 0 Å². The minimum Gasteiger partial charge on any atom is -0.462 e. The molecule has 6 heteroatoms. The van der Waals surface area contributed by atoms with Crippen LogP contribution in [-0.4, -0.2) is 24.7 Å². The zero-order valence-electron chi connectivity index (χ0n) is 14.3. The first-order valence-electron chi connectivity index (χ1n) is 7.52. The number of benzene rings is 2. The van der Waals surface area contributed by atoms with Crippen molar-refractivity contribution in [1.29, 1.82) is 0 Å². The molecule has 2 rings (SSSR count). The van der Waals surface area contributed by atoms with Crippen LogP contribution in [-0.2, 0) is 14.3 Å². The monoisotopic (exact) mass is 338 g/mol. The van der Waals surface area contributed by atoms with Gasteiger partial charge in [-0.1, -0.05) is 12.1 Å². The molecular formula is C19H18N2O4. The summed E-state index contributed by atoms with van der Waals surface area (Å²) in [5, 5.41) is 0. The number of isocyanates is 2. The molecule has 0 radical (unpaired) electrons. The molecule has 25 heavy (non-hydrogen) atoms. The van der Waals surface area contributed by atoms with E-state index in [0.717, 1.165) is 11.1 Å². The Balaban J connectivity index is 0.000000257. The summed E-state index contributed by atoms with van der Waals surface area (Å²) in [6, 6.07) is 12.0. The number of nitrogens with zero attached hydrogens (tertiary/aromatic N) is 2. The third kappa shape index (κ3) is 6.75. The Kier molecular flexibility index (Phi) is 8.24. The molecule has 0 saturated heterocycles. The highest BCUT2D eigenvalue weighted by Gasteiger charge is 2.04. The summed E-state index contributed by atoms with van der Waals surface area (Å²) in [6.45, 7) is 5.95. The molecule has 0 spiro atoms. The van der Waals surface area contributed by atoms with Crippen LogP contribution in [0.3, 0.4) is 0 Å². The Morgan fingerprint density at radius 1 is 1.00 bits per heavy atom. The van der Waals surface area contributed by atoms with Gasteiger partial charge in [0.1, 0.15) is 0 Å². The number of ether oxygens (including phenoxy) is 1. The molecule has 6 nitrogen and oxygen atoms in total. The second-order valence-corrected chi connectivity index (χ2v) is 4.96. The second-order valence-electron chi connectivity index (χ2n) is 4.96. The third-order valence-corrected chi connectivity index (χ3v) is 3.08. The van der Waals surface area contributed by atoms with Gasteiger partial charge in [0, 0.05) is 0 Å². The van der Waals surface area contributed by atoms with Gasteiger partial charge < -0.3 is 4.74 Å². The maximum absolute atomic E-state index is 11.2. The molecule has 0 aliphatic heterocycles. The molecule has 0 atom stereocenters. The van der Waals surface area contributed by atoms with Crippen LogP contribution in [0.15, 0.2) is 52.4 Å². The number of esters is 1. The highest BCUT2D eigenvalue weighted by molar-refractivity contribution is 5.89. The van der Waals surface area contributed by atoms with Gasteiger partial charge in [-0.3, -0.25) is 0 Å². The van der Waals surface area contributed by atoms with Gasteiger partial charge in [-0.2, -0.15) is 9.98 Å². The van der Waals surface area contributed by atoms with E-state index in [1.807, 2.05) is 32.0 Å². The highest BCUT2D eigenvalue weighted by atomic mass is 16.5. The van der Waals surface area contributed by atoms with E-state index in [0.29, 0.717) is 23.5 Å². The van der Waals surface area contributed by atoms with E-state index in [1.54, 1.807) is 31.2 Å². The van der Waals surface area contributed by atoms with Crippen molar-refractivity contribution in [3.05, 3.63) is 59.2 Å². The summed E-state index contributed by atoms with van der Waals surface area (Å²) >= 11 is 0. The Labute approximate surface area is 145 Å². The van der Waals surface area contributed by atoms with E-state index >= 15 is 0 Å². The number of hydrogen-bond donors (Lipinski definition) is 0. The summed E-state index contributed by atoms with van der Waals surface area (Å²) in [7, 11) is 0. The van der Waals surface area contributed by atoms with E-state index < -0.39 is 0 Å². The Morgan fingerprint density at radius 3 is 2.20 bits per heavy atom. The zero-order valence-corrected chi connectivity index (χ0v) is 14.3. The topological polar surface area (TPSA) is 85.2 Å². The second kappa shape index (κ2) is 10.4. The van der Waals surface area contributed by atoms with E-state index in [9.17, 15) is 14.4 Å². The fourth-order valence-corrected chi connectivity index (χ4v) is 1.83. The molecule has 0 aliphatic rings. The number of hydrogen-bond acceptors (Lipinski definition) is 6. The van der Waals surface area contributed by atoms with Gasteiger partial charge in [-0.25, -0.2) is 14.4 Å². The van der Waals surface area contributed by atoms with Crippen molar-refractivity contribution in [3.63, 3.8) is 0 Å². The molecule has 128 valence electrons. The van der Waals surface area contributed by atoms with Crippen LogP contribution >= 0.6 is 0 Å². The van der Waals surface area contributed by atoms with Gasteiger partial charge in [0.05, 0.1) is 23.5 Å². The molecular weight excluding hydrogens is 320 g/mol. The molecule has 2 aromatic carbocycles. The van der Waals surface area contributed by atoms with Gasteiger partial charge >= 0.3 is 5.97 Å². The maximum atomic E-state index is 11.2. The van der Waals surface area contributed by atoms with Crippen LogP contribution in [0.2, 0.25) is 0 Å². The van der Waals surface area contributed by atoms with Crippen molar-refractivity contribution in [2.24, 2.45) is 9.98 Å². The van der Waals surface area contributed by atoms with Gasteiger partial charge in [-0.15, -0.1) is 0 Å². The zero-order chi connectivity index (χ0) is 18.7. The molecule has 0 heterocycles. The predicted octanol–water partition coefficient (Wildman–Crippen LogP) is 4.10. The van der Waals surface area contributed by atoms with Crippen molar-refractivity contribution in [2.45, 2.75) is 20.8 Å². The molecule has 0 aliphatic carbocycles. The number of aliphatic imine (C=N–C) groups is 2. The van der Waals surface area contributed by atoms with Gasteiger partial charge in [0.2, 0.25) is 12.2 Å². The first kappa shape index (κ1) is 19.7. The smallest absolute Gasteiger partial charge is 0.338 e.